The predicted octanol–water partition coefficient (Wildman–Crippen LogP) is 4.77. The van der Waals surface area contributed by atoms with E-state index in [4.69, 9.17) is 0 Å². The normalized spacial score (nSPS) is 37.0. The van der Waals surface area contributed by atoms with Gasteiger partial charge in [0.2, 0.25) is 0 Å². The summed E-state index contributed by atoms with van der Waals surface area (Å²) in [6, 6.07) is 10.8. The molecular weight excluding hydrogens is 254 g/mol. The molecule has 0 aromatic heterocycles. The van der Waals surface area contributed by atoms with Gasteiger partial charge in [0.05, 0.1) is 0 Å². The summed E-state index contributed by atoms with van der Waals surface area (Å²) >= 11 is 0. The average Bonchev–Trinajstić information content (AvgIpc) is 2.46. The summed E-state index contributed by atoms with van der Waals surface area (Å²) in [5.74, 6) is 3.32. The van der Waals surface area contributed by atoms with Crippen molar-refractivity contribution in [2.24, 2.45) is 23.2 Å². The number of hydrogen-bond donors (Lipinski definition) is 1. The standard InChI is InChI=1S/C20H29N/c1-2-5-16(6-3-1)15-21-8-4-7-20-12-17-9-18(13-20)11-19(10-17)14-20/h1-3,5-6,17-19,21H,4,7-15H2. The summed E-state index contributed by atoms with van der Waals surface area (Å²) in [5, 5.41) is 3.63. The third kappa shape index (κ3) is 3.04. The van der Waals surface area contributed by atoms with Gasteiger partial charge < -0.3 is 5.32 Å². The lowest BCUT2D eigenvalue weighted by atomic mass is 9.48. The van der Waals surface area contributed by atoms with Crippen LogP contribution in [0.1, 0.15) is 56.9 Å². The van der Waals surface area contributed by atoms with Crippen molar-refractivity contribution in [2.75, 3.05) is 6.54 Å². The van der Waals surface area contributed by atoms with Crippen LogP contribution in [0.5, 0.6) is 0 Å². The van der Waals surface area contributed by atoms with E-state index in [0.29, 0.717) is 0 Å². The fraction of sp³-hybridized carbons (Fsp3) is 0.700. The van der Waals surface area contributed by atoms with Crippen LogP contribution in [0.15, 0.2) is 30.3 Å². The molecular formula is C20H29N. The second-order valence-corrected chi connectivity index (χ2v) is 8.18. The lowest BCUT2D eigenvalue weighted by Crippen LogP contribution is -2.46. The van der Waals surface area contributed by atoms with Crippen LogP contribution in [0.25, 0.3) is 0 Å². The first-order valence-electron chi connectivity index (χ1n) is 9.06. The second kappa shape index (κ2) is 5.76. The third-order valence-corrected chi connectivity index (χ3v) is 6.40. The summed E-state index contributed by atoms with van der Waals surface area (Å²) in [6.45, 7) is 2.22. The van der Waals surface area contributed by atoms with Gasteiger partial charge >= 0.3 is 0 Å². The van der Waals surface area contributed by atoms with E-state index in [2.05, 4.69) is 35.6 Å². The Kier molecular flexibility index (Phi) is 3.79. The van der Waals surface area contributed by atoms with Crippen LogP contribution >= 0.6 is 0 Å². The van der Waals surface area contributed by atoms with Crippen LogP contribution in [0.4, 0.5) is 0 Å². The average molecular weight is 283 g/mol. The summed E-state index contributed by atoms with van der Waals surface area (Å²) in [6.07, 6.45) is 12.3. The molecule has 5 rings (SSSR count). The SMILES string of the molecule is c1ccc(CNCCCC23CC4CC(CC(C4)C2)C3)cc1. The highest BCUT2D eigenvalue weighted by molar-refractivity contribution is 5.14. The maximum Gasteiger partial charge on any atom is 0.0205 e. The van der Waals surface area contributed by atoms with Crippen LogP contribution in [-0.2, 0) is 6.54 Å². The lowest BCUT2D eigenvalue weighted by molar-refractivity contribution is -0.0580. The molecule has 4 aliphatic carbocycles. The number of hydrogen-bond acceptors (Lipinski definition) is 1. The van der Waals surface area contributed by atoms with E-state index < -0.39 is 0 Å². The van der Waals surface area contributed by atoms with Crippen molar-refractivity contribution in [3.63, 3.8) is 0 Å². The summed E-state index contributed by atoms with van der Waals surface area (Å²) < 4.78 is 0. The quantitative estimate of drug-likeness (QED) is 0.741. The van der Waals surface area contributed by atoms with Crippen molar-refractivity contribution in [2.45, 2.75) is 57.9 Å². The fourth-order valence-corrected chi connectivity index (χ4v) is 6.01. The minimum absolute atomic E-state index is 0.767. The first kappa shape index (κ1) is 13.8. The molecule has 4 bridgehead atoms. The van der Waals surface area contributed by atoms with E-state index in [0.717, 1.165) is 29.7 Å². The Labute approximate surface area is 129 Å². The zero-order valence-electron chi connectivity index (χ0n) is 13.2. The van der Waals surface area contributed by atoms with Crippen molar-refractivity contribution < 1.29 is 0 Å². The van der Waals surface area contributed by atoms with Crippen LogP contribution in [0.2, 0.25) is 0 Å². The third-order valence-electron chi connectivity index (χ3n) is 6.40. The van der Waals surface area contributed by atoms with Crippen LogP contribution < -0.4 is 5.32 Å². The monoisotopic (exact) mass is 283 g/mol. The molecule has 0 radical (unpaired) electrons. The molecule has 1 N–H and O–H groups in total. The molecule has 4 saturated carbocycles. The molecule has 0 heterocycles. The van der Waals surface area contributed by atoms with E-state index in [1.165, 1.54) is 24.9 Å². The molecule has 1 aromatic rings. The molecule has 0 amide bonds. The fourth-order valence-electron chi connectivity index (χ4n) is 6.01. The van der Waals surface area contributed by atoms with Gasteiger partial charge in [-0.05, 0) is 86.6 Å². The molecule has 0 spiro atoms. The molecule has 0 aliphatic heterocycles. The van der Waals surface area contributed by atoms with E-state index in [1.807, 2.05) is 0 Å². The van der Waals surface area contributed by atoms with Crippen molar-refractivity contribution in [3.05, 3.63) is 35.9 Å². The van der Waals surface area contributed by atoms with Gasteiger partial charge in [-0.25, -0.2) is 0 Å². The van der Waals surface area contributed by atoms with E-state index >= 15 is 0 Å². The Hall–Kier alpha value is -0.820. The van der Waals surface area contributed by atoms with Crippen LogP contribution in [0, 0.1) is 23.2 Å². The Balaban J connectivity index is 1.22. The van der Waals surface area contributed by atoms with E-state index in [1.54, 1.807) is 38.5 Å². The molecule has 4 fully saturated rings. The second-order valence-electron chi connectivity index (χ2n) is 8.18. The highest BCUT2D eigenvalue weighted by atomic mass is 14.8. The zero-order chi connectivity index (χ0) is 14.1. The van der Waals surface area contributed by atoms with Crippen molar-refractivity contribution in [1.82, 2.24) is 5.32 Å². The first-order valence-corrected chi connectivity index (χ1v) is 9.06. The maximum absolute atomic E-state index is 3.63. The maximum atomic E-state index is 3.63. The van der Waals surface area contributed by atoms with Gasteiger partial charge in [-0.15, -0.1) is 0 Å². The molecule has 0 unspecified atom stereocenters. The van der Waals surface area contributed by atoms with Crippen molar-refractivity contribution in [1.29, 1.82) is 0 Å². The lowest BCUT2D eigenvalue weighted by Gasteiger charge is -2.57. The van der Waals surface area contributed by atoms with Gasteiger partial charge in [-0.1, -0.05) is 30.3 Å². The molecule has 114 valence electrons. The molecule has 1 aromatic carbocycles. The minimum Gasteiger partial charge on any atom is -0.313 e. The number of benzene rings is 1. The summed E-state index contributed by atoms with van der Waals surface area (Å²) in [7, 11) is 0. The molecule has 1 heteroatoms. The Morgan fingerprint density at radius 1 is 0.905 bits per heavy atom. The van der Waals surface area contributed by atoms with Gasteiger partial charge in [0.1, 0.15) is 0 Å². The molecule has 21 heavy (non-hydrogen) atoms. The molecule has 0 saturated heterocycles. The smallest absolute Gasteiger partial charge is 0.0205 e. The molecule has 4 aliphatic rings. The van der Waals surface area contributed by atoms with E-state index in [9.17, 15) is 0 Å². The topological polar surface area (TPSA) is 12.0 Å². The van der Waals surface area contributed by atoms with Gasteiger partial charge in [0.25, 0.3) is 0 Å². The van der Waals surface area contributed by atoms with Crippen molar-refractivity contribution >= 4 is 0 Å². The Morgan fingerprint density at radius 2 is 1.52 bits per heavy atom. The minimum atomic E-state index is 0.767. The first-order chi connectivity index (χ1) is 10.3. The molecule has 1 nitrogen and oxygen atoms in total. The van der Waals surface area contributed by atoms with Gasteiger partial charge in [-0.2, -0.15) is 0 Å². The largest absolute Gasteiger partial charge is 0.313 e. The van der Waals surface area contributed by atoms with Gasteiger partial charge in [0, 0.05) is 6.54 Å². The van der Waals surface area contributed by atoms with E-state index in [-0.39, 0.29) is 0 Å². The molecule has 0 atom stereocenters. The summed E-state index contributed by atoms with van der Waals surface area (Å²) in [4.78, 5) is 0. The Bertz CT molecular complexity index is 429. The van der Waals surface area contributed by atoms with Crippen molar-refractivity contribution in [3.8, 4) is 0 Å². The number of nitrogens with one attached hydrogen (secondary N) is 1. The van der Waals surface area contributed by atoms with Gasteiger partial charge in [0.15, 0.2) is 0 Å². The zero-order valence-corrected chi connectivity index (χ0v) is 13.2. The number of rotatable bonds is 6. The van der Waals surface area contributed by atoms with Crippen LogP contribution in [0.3, 0.4) is 0 Å². The Morgan fingerprint density at radius 3 is 2.14 bits per heavy atom. The summed E-state index contributed by atoms with van der Waals surface area (Å²) in [5.41, 5.74) is 2.18. The van der Waals surface area contributed by atoms with Gasteiger partial charge in [-0.3, -0.25) is 0 Å². The highest BCUT2D eigenvalue weighted by Crippen LogP contribution is 2.61. The van der Waals surface area contributed by atoms with Crippen LogP contribution in [-0.4, -0.2) is 6.54 Å². The highest BCUT2D eigenvalue weighted by Gasteiger charge is 2.50. The predicted molar refractivity (Wildman–Crippen MR) is 88.0 cm³/mol.